The molecule has 0 unspecified atom stereocenters. The molecule has 1 N–H and O–H groups in total. The minimum atomic E-state index is -0.0416. The first kappa shape index (κ1) is 23.6. The van der Waals surface area contributed by atoms with E-state index in [1.165, 1.54) is 17.4 Å². The first-order valence-electron chi connectivity index (χ1n) is 9.59. The smallest absolute Gasteiger partial charge is 0.289 e. The lowest BCUT2D eigenvalue weighted by atomic mass is 10.2. The predicted octanol–water partition coefficient (Wildman–Crippen LogP) is 3.47. The summed E-state index contributed by atoms with van der Waals surface area (Å²) in [5, 5.41) is 3.44. The number of nitrogens with one attached hydrogen (secondary N) is 1. The van der Waals surface area contributed by atoms with Crippen LogP contribution in [0.3, 0.4) is 0 Å². The molecular weight excluding hydrogens is 499 g/mol. The first-order chi connectivity index (χ1) is 13.7. The third-order valence-corrected chi connectivity index (χ3v) is 5.76. The van der Waals surface area contributed by atoms with Gasteiger partial charge in [-0.3, -0.25) is 9.79 Å². The maximum absolute atomic E-state index is 12.4. The number of rotatable bonds is 6. The minimum Gasteiger partial charge on any atom is -0.459 e. The number of amides is 1. The van der Waals surface area contributed by atoms with E-state index in [4.69, 9.17) is 4.42 Å². The lowest BCUT2D eigenvalue weighted by Gasteiger charge is -2.36. The molecule has 0 saturated carbocycles. The van der Waals surface area contributed by atoms with Crippen molar-refractivity contribution in [2.75, 3.05) is 45.5 Å². The fourth-order valence-electron chi connectivity index (χ4n) is 3.12. The van der Waals surface area contributed by atoms with Gasteiger partial charge in [0.25, 0.3) is 5.91 Å². The number of furan rings is 1. The number of nitrogens with zero attached hydrogens (tertiary/aromatic N) is 3. The molecule has 1 aromatic heterocycles. The maximum atomic E-state index is 12.4. The van der Waals surface area contributed by atoms with Crippen molar-refractivity contribution in [2.24, 2.45) is 4.99 Å². The molecule has 1 aromatic carbocycles. The van der Waals surface area contributed by atoms with Crippen LogP contribution in [0.5, 0.6) is 0 Å². The third kappa shape index (κ3) is 6.95. The monoisotopic (exact) mass is 528 g/mol. The van der Waals surface area contributed by atoms with E-state index in [-0.39, 0.29) is 29.9 Å². The molecule has 29 heavy (non-hydrogen) atoms. The Labute approximate surface area is 194 Å². The number of carbonyl (C=O) groups is 1. The zero-order chi connectivity index (χ0) is 19.8. The summed E-state index contributed by atoms with van der Waals surface area (Å²) in [5.41, 5.74) is 2.66. The summed E-state index contributed by atoms with van der Waals surface area (Å²) in [7, 11) is 1.81. The molecule has 8 heteroatoms. The van der Waals surface area contributed by atoms with Crippen LogP contribution in [0.15, 0.2) is 52.1 Å². The molecule has 0 spiro atoms. The van der Waals surface area contributed by atoms with Crippen molar-refractivity contribution in [2.45, 2.75) is 12.7 Å². The standard InChI is InChI=1S/C21H28N4O2S.HI/c1-17-5-7-18(8-6-17)16-28-15-9-23-21(22-2)25-12-10-24(11-13-25)20(26)19-4-3-14-27-19;/h3-8,14H,9-13,15-16H2,1-2H3,(H,22,23);1H. The van der Waals surface area contributed by atoms with Gasteiger partial charge in [-0.15, -0.1) is 24.0 Å². The highest BCUT2D eigenvalue weighted by atomic mass is 127. The van der Waals surface area contributed by atoms with E-state index < -0.39 is 0 Å². The van der Waals surface area contributed by atoms with E-state index in [2.05, 4.69) is 46.4 Å². The number of halogens is 1. The van der Waals surface area contributed by atoms with Crippen molar-refractivity contribution in [1.82, 2.24) is 15.1 Å². The second-order valence-electron chi connectivity index (χ2n) is 6.77. The highest BCUT2D eigenvalue weighted by molar-refractivity contribution is 14.0. The van der Waals surface area contributed by atoms with Crippen molar-refractivity contribution in [3.05, 3.63) is 59.5 Å². The van der Waals surface area contributed by atoms with Crippen LogP contribution in [-0.2, 0) is 5.75 Å². The molecule has 2 aromatic rings. The number of hydrogen-bond acceptors (Lipinski definition) is 4. The topological polar surface area (TPSA) is 61.1 Å². The third-order valence-electron chi connectivity index (χ3n) is 4.73. The Morgan fingerprint density at radius 2 is 1.83 bits per heavy atom. The Kier molecular flexibility index (Phi) is 9.86. The summed E-state index contributed by atoms with van der Waals surface area (Å²) in [6, 6.07) is 12.2. The van der Waals surface area contributed by atoms with E-state index >= 15 is 0 Å². The van der Waals surface area contributed by atoms with E-state index in [0.717, 1.165) is 37.1 Å². The van der Waals surface area contributed by atoms with Gasteiger partial charge >= 0.3 is 0 Å². The van der Waals surface area contributed by atoms with Crippen LogP contribution < -0.4 is 5.32 Å². The van der Waals surface area contributed by atoms with E-state index in [1.807, 2.05) is 23.7 Å². The van der Waals surface area contributed by atoms with Gasteiger partial charge in [0.15, 0.2) is 11.7 Å². The number of aryl methyl sites for hydroxylation is 1. The average molecular weight is 528 g/mol. The number of thioether (sulfide) groups is 1. The largest absolute Gasteiger partial charge is 0.459 e. The quantitative estimate of drug-likeness (QED) is 0.269. The zero-order valence-electron chi connectivity index (χ0n) is 17.0. The van der Waals surface area contributed by atoms with Crippen LogP contribution >= 0.6 is 35.7 Å². The van der Waals surface area contributed by atoms with Crippen LogP contribution in [-0.4, -0.2) is 67.2 Å². The van der Waals surface area contributed by atoms with Crippen LogP contribution in [0, 0.1) is 6.92 Å². The van der Waals surface area contributed by atoms with E-state index in [1.54, 1.807) is 12.1 Å². The average Bonchev–Trinajstić information content (AvgIpc) is 3.27. The Morgan fingerprint density at radius 3 is 2.45 bits per heavy atom. The predicted molar refractivity (Wildman–Crippen MR) is 130 cm³/mol. The Bertz CT molecular complexity index is 772. The summed E-state index contributed by atoms with van der Waals surface area (Å²) in [6.07, 6.45) is 1.53. The fraction of sp³-hybridized carbons (Fsp3) is 0.429. The molecule has 1 amide bonds. The molecule has 3 rings (SSSR count). The lowest BCUT2D eigenvalue weighted by molar-refractivity contribution is 0.0658. The van der Waals surface area contributed by atoms with Crippen molar-refractivity contribution in [3.8, 4) is 0 Å². The summed E-state index contributed by atoms with van der Waals surface area (Å²) in [4.78, 5) is 20.8. The highest BCUT2D eigenvalue weighted by Gasteiger charge is 2.24. The van der Waals surface area contributed by atoms with E-state index in [0.29, 0.717) is 18.8 Å². The van der Waals surface area contributed by atoms with Crippen LogP contribution in [0.4, 0.5) is 0 Å². The number of hydrogen-bond donors (Lipinski definition) is 1. The van der Waals surface area contributed by atoms with Crippen LogP contribution in [0.25, 0.3) is 0 Å². The molecule has 1 fully saturated rings. The van der Waals surface area contributed by atoms with Crippen molar-refractivity contribution < 1.29 is 9.21 Å². The molecule has 0 atom stereocenters. The molecular formula is C21H29IN4O2S. The second kappa shape index (κ2) is 12.1. The number of piperazine rings is 1. The van der Waals surface area contributed by atoms with Gasteiger partial charge in [-0.2, -0.15) is 11.8 Å². The molecule has 0 aliphatic carbocycles. The van der Waals surface area contributed by atoms with Gasteiger partial charge < -0.3 is 19.5 Å². The molecule has 2 heterocycles. The summed E-state index contributed by atoms with van der Waals surface area (Å²) in [5.74, 6) is 3.31. The molecule has 1 saturated heterocycles. The van der Waals surface area contributed by atoms with Crippen LogP contribution in [0.1, 0.15) is 21.7 Å². The molecule has 1 aliphatic heterocycles. The van der Waals surface area contributed by atoms with Gasteiger partial charge in [0.2, 0.25) is 0 Å². The van der Waals surface area contributed by atoms with Gasteiger partial charge in [0.05, 0.1) is 6.26 Å². The van der Waals surface area contributed by atoms with Gasteiger partial charge in [-0.25, -0.2) is 0 Å². The highest BCUT2D eigenvalue weighted by Crippen LogP contribution is 2.13. The van der Waals surface area contributed by atoms with E-state index in [9.17, 15) is 4.79 Å². The van der Waals surface area contributed by atoms with Crippen molar-refractivity contribution in [1.29, 1.82) is 0 Å². The Balaban J connectivity index is 0.00000300. The normalized spacial score (nSPS) is 14.5. The Hall–Kier alpha value is -1.68. The SMILES string of the molecule is CN=C(NCCSCc1ccc(C)cc1)N1CCN(C(=O)c2ccco2)CC1.I. The summed E-state index contributed by atoms with van der Waals surface area (Å²) in [6.45, 7) is 5.85. The first-order valence-corrected chi connectivity index (χ1v) is 10.7. The lowest BCUT2D eigenvalue weighted by Crippen LogP contribution is -2.54. The number of carbonyl (C=O) groups excluding carboxylic acids is 1. The molecule has 1 aliphatic rings. The molecule has 158 valence electrons. The second-order valence-corrected chi connectivity index (χ2v) is 7.87. The van der Waals surface area contributed by atoms with Crippen LogP contribution in [0.2, 0.25) is 0 Å². The number of guanidine groups is 1. The van der Waals surface area contributed by atoms with Crippen molar-refractivity contribution >= 4 is 47.6 Å². The molecule has 6 nitrogen and oxygen atoms in total. The van der Waals surface area contributed by atoms with Gasteiger partial charge in [0, 0.05) is 51.3 Å². The van der Waals surface area contributed by atoms with Crippen molar-refractivity contribution in [3.63, 3.8) is 0 Å². The number of aliphatic imine (C=N–C) groups is 1. The molecule has 0 radical (unpaired) electrons. The maximum Gasteiger partial charge on any atom is 0.289 e. The minimum absolute atomic E-state index is 0. The Morgan fingerprint density at radius 1 is 1.14 bits per heavy atom. The summed E-state index contributed by atoms with van der Waals surface area (Å²) < 4.78 is 5.21. The van der Waals surface area contributed by atoms with Gasteiger partial charge in [-0.05, 0) is 24.6 Å². The fourth-order valence-corrected chi connectivity index (χ4v) is 3.94. The van der Waals surface area contributed by atoms with Gasteiger partial charge in [-0.1, -0.05) is 29.8 Å². The zero-order valence-corrected chi connectivity index (χ0v) is 20.1. The molecule has 0 bridgehead atoms. The van der Waals surface area contributed by atoms with Gasteiger partial charge in [0.1, 0.15) is 0 Å². The summed E-state index contributed by atoms with van der Waals surface area (Å²) >= 11 is 1.91. The number of benzene rings is 1.